The monoisotopic (exact) mass is 487 g/mol. The first-order valence-corrected chi connectivity index (χ1v) is 13.1. The van der Waals surface area contributed by atoms with Gasteiger partial charge in [0.2, 0.25) is 5.91 Å². The summed E-state index contributed by atoms with van der Waals surface area (Å²) in [6, 6.07) is 14.4. The van der Waals surface area contributed by atoms with E-state index in [4.69, 9.17) is 23.2 Å². The molecule has 0 saturated carbocycles. The Morgan fingerprint density at radius 2 is 1.45 bits per heavy atom. The lowest BCUT2D eigenvalue weighted by Crippen LogP contribution is -2.40. The molecule has 0 aliphatic carbocycles. The number of benzene rings is 2. The standard InChI is InChI=1S/C27H35Cl2N3O/c28-25-10-9-24(26(29)17-25)20-32-15-11-23(12-16-32)27(33)30-18-21-5-7-22(8-6-21)19-31-13-3-1-2-4-14-31/h5-10,17,23H,1-4,11-16,18-20H2,(H,30,33). The Hall–Kier alpha value is -1.59. The fourth-order valence-corrected chi connectivity index (χ4v) is 5.36. The van der Waals surface area contributed by atoms with Gasteiger partial charge in [0.1, 0.15) is 0 Å². The van der Waals surface area contributed by atoms with Gasteiger partial charge in [-0.1, -0.05) is 66.4 Å². The highest BCUT2D eigenvalue weighted by Crippen LogP contribution is 2.25. The third-order valence-electron chi connectivity index (χ3n) is 6.96. The minimum atomic E-state index is 0.0873. The number of hydrogen-bond donors (Lipinski definition) is 1. The maximum atomic E-state index is 12.7. The second-order valence-corrected chi connectivity index (χ2v) is 10.4. The molecule has 1 amide bonds. The molecular weight excluding hydrogens is 453 g/mol. The van der Waals surface area contributed by atoms with Crippen molar-refractivity contribution in [3.8, 4) is 0 Å². The Kier molecular flexibility index (Phi) is 9.08. The number of carbonyl (C=O) groups is 1. The van der Waals surface area contributed by atoms with Gasteiger partial charge in [0.15, 0.2) is 0 Å². The van der Waals surface area contributed by atoms with Crippen molar-refractivity contribution >= 4 is 29.1 Å². The van der Waals surface area contributed by atoms with Gasteiger partial charge in [0.05, 0.1) is 0 Å². The van der Waals surface area contributed by atoms with Gasteiger partial charge in [-0.3, -0.25) is 14.6 Å². The lowest BCUT2D eigenvalue weighted by atomic mass is 9.95. The van der Waals surface area contributed by atoms with Gasteiger partial charge in [0, 0.05) is 35.6 Å². The van der Waals surface area contributed by atoms with Crippen LogP contribution in [0.2, 0.25) is 10.0 Å². The van der Waals surface area contributed by atoms with Gasteiger partial charge in [0.25, 0.3) is 0 Å². The van der Waals surface area contributed by atoms with E-state index in [2.05, 4.69) is 39.4 Å². The summed E-state index contributed by atoms with van der Waals surface area (Å²) in [6.45, 7) is 6.67. The van der Waals surface area contributed by atoms with Gasteiger partial charge in [-0.05, 0) is 80.7 Å². The van der Waals surface area contributed by atoms with E-state index in [-0.39, 0.29) is 11.8 Å². The average molecular weight is 489 g/mol. The lowest BCUT2D eigenvalue weighted by Gasteiger charge is -2.31. The van der Waals surface area contributed by atoms with Crippen molar-refractivity contribution in [3.63, 3.8) is 0 Å². The molecule has 4 rings (SSSR count). The van der Waals surface area contributed by atoms with E-state index in [1.54, 1.807) is 6.07 Å². The predicted molar refractivity (Wildman–Crippen MR) is 136 cm³/mol. The summed E-state index contributed by atoms with van der Waals surface area (Å²) < 4.78 is 0. The topological polar surface area (TPSA) is 35.6 Å². The smallest absolute Gasteiger partial charge is 0.223 e. The SMILES string of the molecule is O=C(NCc1ccc(CN2CCCCCC2)cc1)C1CCN(Cc2ccc(Cl)cc2Cl)CC1. The van der Waals surface area contributed by atoms with E-state index in [1.165, 1.54) is 44.3 Å². The molecule has 0 unspecified atom stereocenters. The van der Waals surface area contributed by atoms with Crippen LogP contribution in [0.15, 0.2) is 42.5 Å². The van der Waals surface area contributed by atoms with E-state index >= 15 is 0 Å². The lowest BCUT2D eigenvalue weighted by molar-refractivity contribution is -0.126. The van der Waals surface area contributed by atoms with Crippen LogP contribution < -0.4 is 5.32 Å². The summed E-state index contributed by atoms with van der Waals surface area (Å²) in [7, 11) is 0. The van der Waals surface area contributed by atoms with Crippen LogP contribution in [0.1, 0.15) is 55.2 Å². The van der Waals surface area contributed by atoms with Crippen LogP contribution >= 0.6 is 23.2 Å². The van der Waals surface area contributed by atoms with Crippen LogP contribution in [0.5, 0.6) is 0 Å². The number of nitrogens with zero attached hydrogens (tertiary/aromatic N) is 2. The fourth-order valence-electron chi connectivity index (χ4n) is 4.89. The van der Waals surface area contributed by atoms with E-state index in [0.717, 1.165) is 50.1 Å². The number of likely N-dealkylation sites (tertiary alicyclic amines) is 2. The van der Waals surface area contributed by atoms with Crippen molar-refractivity contribution in [1.29, 1.82) is 0 Å². The summed E-state index contributed by atoms with van der Waals surface area (Å²) >= 11 is 12.3. The highest BCUT2D eigenvalue weighted by molar-refractivity contribution is 6.35. The molecule has 0 radical (unpaired) electrons. The zero-order chi connectivity index (χ0) is 23.0. The normalized spacial score (nSPS) is 18.7. The zero-order valence-corrected chi connectivity index (χ0v) is 20.9. The minimum Gasteiger partial charge on any atom is -0.352 e. The van der Waals surface area contributed by atoms with E-state index in [0.29, 0.717) is 16.6 Å². The number of amides is 1. The summed E-state index contributed by atoms with van der Waals surface area (Å²) in [5.41, 5.74) is 3.61. The van der Waals surface area contributed by atoms with Gasteiger partial charge in [-0.15, -0.1) is 0 Å². The van der Waals surface area contributed by atoms with Gasteiger partial charge in [-0.25, -0.2) is 0 Å². The first kappa shape index (κ1) is 24.5. The molecule has 1 N–H and O–H groups in total. The van der Waals surface area contributed by atoms with Crippen LogP contribution in [0.25, 0.3) is 0 Å². The molecule has 2 heterocycles. The molecule has 0 bridgehead atoms. The van der Waals surface area contributed by atoms with E-state index in [9.17, 15) is 4.79 Å². The minimum absolute atomic E-state index is 0.0873. The molecule has 2 aromatic rings. The van der Waals surface area contributed by atoms with Crippen molar-refractivity contribution < 1.29 is 4.79 Å². The predicted octanol–water partition coefficient (Wildman–Crippen LogP) is 5.90. The Morgan fingerprint density at radius 3 is 2.12 bits per heavy atom. The van der Waals surface area contributed by atoms with Crippen LogP contribution in [0.4, 0.5) is 0 Å². The van der Waals surface area contributed by atoms with Gasteiger partial charge >= 0.3 is 0 Å². The van der Waals surface area contributed by atoms with Crippen LogP contribution in [0, 0.1) is 5.92 Å². The number of carbonyl (C=O) groups excluding carboxylic acids is 1. The number of halogens is 2. The number of piperidine rings is 1. The maximum Gasteiger partial charge on any atom is 0.223 e. The van der Waals surface area contributed by atoms with Crippen LogP contribution in [-0.2, 0) is 24.4 Å². The third kappa shape index (κ3) is 7.45. The molecular formula is C27H35Cl2N3O. The molecule has 2 aromatic carbocycles. The van der Waals surface area contributed by atoms with Crippen molar-refractivity contribution in [2.24, 2.45) is 5.92 Å². The average Bonchev–Trinajstić information content (AvgIpc) is 3.09. The van der Waals surface area contributed by atoms with Gasteiger partial charge in [-0.2, -0.15) is 0 Å². The first-order chi connectivity index (χ1) is 16.1. The molecule has 2 saturated heterocycles. The second-order valence-electron chi connectivity index (χ2n) is 9.51. The van der Waals surface area contributed by atoms with Crippen molar-refractivity contribution in [2.45, 2.75) is 58.2 Å². The largest absolute Gasteiger partial charge is 0.352 e. The number of hydrogen-bond acceptors (Lipinski definition) is 3. The Balaban J connectivity index is 1.18. The highest BCUT2D eigenvalue weighted by atomic mass is 35.5. The summed E-state index contributed by atoms with van der Waals surface area (Å²) in [5, 5.41) is 4.52. The Morgan fingerprint density at radius 1 is 0.818 bits per heavy atom. The van der Waals surface area contributed by atoms with Crippen molar-refractivity contribution in [2.75, 3.05) is 26.2 Å². The number of nitrogens with one attached hydrogen (secondary N) is 1. The molecule has 2 aliphatic heterocycles. The summed E-state index contributed by atoms with van der Waals surface area (Å²) in [6.07, 6.45) is 7.13. The molecule has 0 atom stereocenters. The Bertz CT molecular complexity index is 902. The molecule has 4 nitrogen and oxygen atoms in total. The van der Waals surface area contributed by atoms with Crippen LogP contribution in [-0.4, -0.2) is 41.9 Å². The fraction of sp³-hybridized carbons (Fsp3) is 0.519. The van der Waals surface area contributed by atoms with Gasteiger partial charge < -0.3 is 5.32 Å². The molecule has 178 valence electrons. The quantitative estimate of drug-likeness (QED) is 0.527. The van der Waals surface area contributed by atoms with Crippen LogP contribution in [0.3, 0.4) is 0 Å². The van der Waals surface area contributed by atoms with E-state index < -0.39 is 0 Å². The molecule has 0 spiro atoms. The first-order valence-electron chi connectivity index (χ1n) is 12.3. The maximum absolute atomic E-state index is 12.7. The van der Waals surface area contributed by atoms with Crippen molar-refractivity contribution in [3.05, 3.63) is 69.2 Å². The third-order valence-corrected chi connectivity index (χ3v) is 7.55. The van der Waals surface area contributed by atoms with Crippen molar-refractivity contribution in [1.82, 2.24) is 15.1 Å². The molecule has 33 heavy (non-hydrogen) atoms. The summed E-state index contributed by atoms with van der Waals surface area (Å²) in [5.74, 6) is 0.261. The molecule has 2 fully saturated rings. The van der Waals surface area contributed by atoms with E-state index in [1.807, 2.05) is 12.1 Å². The zero-order valence-electron chi connectivity index (χ0n) is 19.4. The number of rotatable bonds is 7. The molecule has 2 aliphatic rings. The Labute approximate surface area is 208 Å². The summed E-state index contributed by atoms with van der Waals surface area (Å²) in [4.78, 5) is 17.6. The highest BCUT2D eigenvalue weighted by Gasteiger charge is 2.25. The second kappa shape index (κ2) is 12.2. The molecule has 6 heteroatoms. The molecule has 0 aromatic heterocycles.